The summed E-state index contributed by atoms with van der Waals surface area (Å²) in [7, 11) is 0. The van der Waals surface area contributed by atoms with Gasteiger partial charge in [0.05, 0.1) is 0 Å². The number of benzene rings is 1. The minimum atomic E-state index is -0.424. The van der Waals surface area contributed by atoms with Crippen molar-refractivity contribution in [2.75, 3.05) is 6.54 Å². The average molecular weight is 253 g/mol. The molecule has 0 spiro atoms. The van der Waals surface area contributed by atoms with Gasteiger partial charge in [-0.2, -0.15) is 0 Å². The fourth-order valence-electron chi connectivity index (χ4n) is 2.31. The van der Waals surface area contributed by atoms with Crippen LogP contribution >= 0.6 is 0 Å². The van der Waals surface area contributed by atoms with Crippen molar-refractivity contribution in [1.82, 2.24) is 5.32 Å². The van der Waals surface area contributed by atoms with Gasteiger partial charge in [-0.25, -0.2) is 8.78 Å². The lowest BCUT2D eigenvalue weighted by Gasteiger charge is -2.21. The summed E-state index contributed by atoms with van der Waals surface area (Å²) >= 11 is 0. The number of hydrogen-bond donors (Lipinski definition) is 1. The molecule has 0 amide bonds. The zero-order valence-corrected chi connectivity index (χ0v) is 11.1. The van der Waals surface area contributed by atoms with Crippen LogP contribution in [0.3, 0.4) is 0 Å². The second kappa shape index (κ2) is 5.79. The van der Waals surface area contributed by atoms with Crippen LogP contribution in [-0.2, 0) is 0 Å². The fourth-order valence-corrected chi connectivity index (χ4v) is 2.31. The highest BCUT2D eigenvalue weighted by Crippen LogP contribution is 2.39. The van der Waals surface area contributed by atoms with E-state index in [4.69, 9.17) is 0 Å². The molecule has 0 radical (unpaired) electrons. The first-order valence-corrected chi connectivity index (χ1v) is 6.81. The smallest absolute Gasteiger partial charge is 0.133 e. The summed E-state index contributed by atoms with van der Waals surface area (Å²) in [4.78, 5) is 0. The molecule has 1 saturated carbocycles. The molecule has 1 aromatic carbocycles. The van der Waals surface area contributed by atoms with Crippen LogP contribution in [0, 0.1) is 24.5 Å². The van der Waals surface area contributed by atoms with Gasteiger partial charge in [0, 0.05) is 11.6 Å². The first-order valence-electron chi connectivity index (χ1n) is 6.81. The molecule has 1 nitrogen and oxygen atoms in total. The molecular weight excluding hydrogens is 232 g/mol. The molecule has 2 rings (SSSR count). The van der Waals surface area contributed by atoms with Crippen LogP contribution in [0.4, 0.5) is 8.78 Å². The van der Waals surface area contributed by atoms with Gasteiger partial charge in [0.25, 0.3) is 0 Å². The van der Waals surface area contributed by atoms with Crippen LogP contribution in [0.25, 0.3) is 0 Å². The van der Waals surface area contributed by atoms with Gasteiger partial charge in [0.1, 0.15) is 11.6 Å². The summed E-state index contributed by atoms with van der Waals surface area (Å²) < 4.78 is 28.0. The predicted molar refractivity (Wildman–Crippen MR) is 69.5 cm³/mol. The maximum absolute atomic E-state index is 14.1. The van der Waals surface area contributed by atoms with Crippen molar-refractivity contribution < 1.29 is 8.78 Å². The highest BCUT2D eigenvalue weighted by Gasteiger charge is 2.29. The van der Waals surface area contributed by atoms with Crippen LogP contribution in [0.2, 0.25) is 0 Å². The van der Waals surface area contributed by atoms with E-state index >= 15 is 0 Å². The second-order valence-electron chi connectivity index (χ2n) is 5.28. The maximum atomic E-state index is 14.1. The molecule has 0 aliphatic heterocycles. The normalized spacial score (nSPS) is 16.9. The summed E-state index contributed by atoms with van der Waals surface area (Å²) in [6.07, 6.45) is 4.20. The van der Waals surface area contributed by atoms with Crippen molar-refractivity contribution in [3.05, 3.63) is 34.9 Å². The summed E-state index contributed by atoms with van der Waals surface area (Å²) in [5.41, 5.74) is 0.751. The van der Waals surface area contributed by atoms with Crippen LogP contribution in [0.5, 0.6) is 0 Å². The van der Waals surface area contributed by atoms with Crippen LogP contribution in [0.15, 0.2) is 12.1 Å². The summed E-state index contributed by atoms with van der Waals surface area (Å²) in [5.74, 6) is -0.171. The molecule has 18 heavy (non-hydrogen) atoms. The third kappa shape index (κ3) is 3.08. The van der Waals surface area contributed by atoms with Gasteiger partial charge in [-0.15, -0.1) is 0 Å². The highest BCUT2D eigenvalue weighted by molar-refractivity contribution is 5.29. The Labute approximate surface area is 108 Å². The Hall–Kier alpha value is -0.960. The van der Waals surface area contributed by atoms with E-state index in [2.05, 4.69) is 12.2 Å². The van der Waals surface area contributed by atoms with E-state index in [0.29, 0.717) is 11.5 Å². The molecule has 0 bridgehead atoms. The van der Waals surface area contributed by atoms with Crippen molar-refractivity contribution in [3.63, 3.8) is 0 Å². The SMILES string of the molecule is CCCNC(CC1CC1)c1c(F)ccc(C)c1F. The van der Waals surface area contributed by atoms with Gasteiger partial charge in [-0.1, -0.05) is 25.8 Å². The minimum Gasteiger partial charge on any atom is -0.310 e. The van der Waals surface area contributed by atoms with Crippen molar-refractivity contribution >= 4 is 0 Å². The third-order valence-corrected chi connectivity index (χ3v) is 3.57. The molecule has 0 heterocycles. The molecule has 1 aromatic rings. The monoisotopic (exact) mass is 253 g/mol. The molecule has 1 aliphatic carbocycles. The Kier molecular flexibility index (Phi) is 4.33. The molecule has 1 atom stereocenters. The Morgan fingerprint density at radius 3 is 2.67 bits per heavy atom. The molecule has 1 N–H and O–H groups in total. The Bertz CT molecular complexity index is 413. The zero-order chi connectivity index (χ0) is 13.1. The van der Waals surface area contributed by atoms with E-state index in [1.54, 1.807) is 6.92 Å². The number of nitrogens with one attached hydrogen (secondary N) is 1. The van der Waals surface area contributed by atoms with E-state index in [-0.39, 0.29) is 17.4 Å². The van der Waals surface area contributed by atoms with E-state index in [1.165, 1.54) is 25.0 Å². The number of halogens is 2. The maximum Gasteiger partial charge on any atom is 0.133 e. The van der Waals surface area contributed by atoms with Crippen LogP contribution in [0.1, 0.15) is 49.8 Å². The average Bonchev–Trinajstić information content (AvgIpc) is 3.15. The van der Waals surface area contributed by atoms with E-state index in [1.807, 2.05) is 0 Å². The third-order valence-electron chi connectivity index (χ3n) is 3.57. The Balaban J connectivity index is 2.24. The van der Waals surface area contributed by atoms with Gasteiger partial charge in [-0.3, -0.25) is 0 Å². The number of aryl methyl sites for hydroxylation is 1. The van der Waals surface area contributed by atoms with E-state index in [9.17, 15) is 8.78 Å². The number of rotatable bonds is 6. The molecule has 3 heteroatoms. The van der Waals surface area contributed by atoms with Gasteiger partial charge in [0.15, 0.2) is 0 Å². The van der Waals surface area contributed by atoms with E-state index in [0.717, 1.165) is 19.4 Å². The van der Waals surface area contributed by atoms with Crippen molar-refractivity contribution in [2.24, 2.45) is 5.92 Å². The summed E-state index contributed by atoms with van der Waals surface area (Å²) in [6.45, 7) is 4.54. The summed E-state index contributed by atoms with van der Waals surface area (Å²) in [5, 5.41) is 3.29. The lowest BCUT2D eigenvalue weighted by Crippen LogP contribution is -2.25. The first kappa shape index (κ1) is 13.5. The van der Waals surface area contributed by atoms with Gasteiger partial charge in [0.2, 0.25) is 0 Å². The zero-order valence-electron chi connectivity index (χ0n) is 11.1. The molecule has 100 valence electrons. The predicted octanol–water partition coefficient (Wildman–Crippen LogP) is 4.11. The molecule has 0 saturated heterocycles. The highest BCUT2D eigenvalue weighted by atomic mass is 19.1. The Morgan fingerprint density at radius 2 is 2.06 bits per heavy atom. The lowest BCUT2D eigenvalue weighted by molar-refractivity contribution is 0.428. The first-order chi connectivity index (χ1) is 8.63. The van der Waals surface area contributed by atoms with Gasteiger partial charge >= 0.3 is 0 Å². The molecule has 0 aromatic heterocycles. The van der Waals surface area contributed by atoms with Crippen LogP contribution < -0.4 is 5.32 Å². The van der Waals surface area contributed by atoms with Crippen LogP contribution in [-0.4, -0.2) is 6.54 Å². The largest absolute Gasteiger partial charge is 0.310 e. The topological polar surface area (TPSA) is 12.0 Å². The quantitative estimate of drug-likeness (QED) is 0.804. The lowest BCUT2D eigenvalue weighted by atomic mass is 9.97. The molecular formula is C15H21F2N. The van der Waals surface area contributed by atoms with Gasteiger partial charge in [-0.05, 0) is 43.9 Å². The Morgan fingerprint density at radius 1 is 1.33 bits per heavy atom. The fraction of sp³-hybridized carbons (Fsp3) is 0.600. The van der Waals surface area contributed by atoms with Gasteiger partial charge < -0.3 is 5.32 Å². The standard InChI is InChI=1S/C15H21F2N/c1-3-8-18-13(9-11-5-6-11)14-12(16)7-4-10(2)15(14)17/h4,7,11,13,18H,3,5-6,8-9H2,1-2H3. The molecule has 1 aliphatic rings. The van der Waals surface area contributed by atoms with Crippen molar-refractivity contribution in [1.29, 1.82) is 0 Å². The molecule has 1 fully saturated rings. The van der Waals surface area contributed by atoms with Crippen molar-refractivity contribution in [3.8, 4) is 0 Å². The molecule has 1 unspecified atom stereocenters. The number of hydrogen-bond acceptors (Lipinski definition) is 1. The van der Waals surface area contributed by atoms with E-state index < -0.39 is 5.82 Å². The second-order valence-corrected chi connectivity index (χ2v) is 5.28. The minimum absolute atomic E-state index is 0.183. The van der Waals surface area contributed by atoms with Crippen molar-refractivity contribution in [2.45, 2.75) is 45.6 Å². The summed E-state index contributed by atoms with van der Waals surface area (Å²) in [6, 6.07) is 2.70.